The molecule has 120 valence electrons. The van der Waals surface area contributed by atoms with Crippen molar-refractivity contribution in [1.82, 2.24) is 0 Å². The summed E-state index contributed by atoms with van der Waals surface area (Å²) in [6, 6.07) is 5.29. The second-order valence-corrected chi connectivity index (χ2v) is 7.83. The van der Waals surface area contributed by atoms with Gasteiger partial charge in [-0.25, -0.2) is 8.42 Å². The van der Waals surface area contributed by atoms with Crippen molar-refractivity contribution < 1.29 is 22.6 Å². The molecule has 0 heterocycles. The molecule has 0 aliphatic carbocycles. The van der Waals surface area contributed by atoms with Crippen molar-refractivity contribution in [3.05, 3.63) is 18.2 Å². The van der Waals surface area contributed by atoms with Crippen LogP contribution in [0.3, 0.4) is 0 Å². The summed E-state index contributed by atoms with van der Waals surface area (Å²) in [6.45, 7) is 4.06. The Morgan fingerprint density at radius 1 is 1.14 bits per heavy atom. The molecule has 1 rings (SSSR count). The van der Waals surface area contributed by atoms with Crippen molar-refractivity contribution in [2.45, 2.75) is 13.8 Å². The third-order valence-corrected chi connectivity index (χ3v) is 4.38. The molecule has 0 N–H and O–H groups in total. The van der Waals surface area contributed by atoms with Gasteiger partial charge in [0.2, 0.25) is 14.8 Å². The van der Waals surface area contributed by atoms with Gasteiger partial charge in [-0.2, -0.15) is 0 Å². The zero-order valence-corrected chi connectivity index (χ0v) is 14.2. The molecule has 0 aliphatic heterocycles. The largest absolute Gasteiger partial charge is 0.493 e. The molecule has 1 unspecified atom stereocenters. The first-order chi connectivity index (χ1) is 9.78. The van der Waals surface area contributed by atoms with Crippen LogP contribution in [-0.2, 0) is 9.05 Å². The number of halogens is 1. The third kappa shape index (κ3) is 5.63. The van der Waals surface area contributed by atoms with Crippen molar-refractivity contribution in [2.75, 3.05) is 26.6 Å². The predicted molar refractivity (Wildman–Crippen MR) is 83.0 cm³/mol. The van der Waals surface area contributed by atoms with Crippen LogP contribution in [0.25, 0.3) is 0 Å². The summed E-state index contributed by atoms with van der Waals surface area (Å²) in [5.41, 5.74) is 0. The van der Waals surface area contributed by atoms with Gasteiger partial charge in [0.15, 0.2) is 11.5 Å². The second-order valence-electron chi connectivity index (χ2n) is 5.01. The SMILES string of the molecule is COc1cccc(OC)c1OCC(CS(=O)(=O)Cl)C(C)C. The standard InChI is InChI=1S/C14H21ClO5S/c1-10(2)11(9-21(15,16)17)8-20-14-12(18-3)6-5-7-13(14)19-4/h5-7,10-11H,8-9H2,1-4H3. The number of hydrogen-bond donors (Lipinski definition) is 0. The van der Waals surface area contributed by atoms with E-state index in [1.165, 1.54) is 14.2 Å². The molecule has 0 spiro atoms. The summed E-state index contributed by atoms with van der Waals surface area (Å²) in [5, 5.41) is 0. The van der Waals surface area contributed by atoms with E-state index in [1.54, 1.807) is 18.2 Å². The van der Waals surface area contributed by atoms with E-state index in [-0.39, 0.29) is 24.2 Å². The van der Waals surface area contributed by atoms with Crippen LogP contribution < -0.4 is 14.2 Å². The Kier molecular flexibility index (Phi) is 6.61. The summed E-state index contributed by atoms with van der Waals surface area (Å²) in [4.78, 5) is 0. The van der Waals surface area contributed by atoms with E-state index in [0.29, 0.717) is 17.2 Å². The van der Waals surface area contributed by atoms with E-state index in [1.807, 2.05) is 13.8 Å². The molecule has 21 heavy (non-hydrogen) atoms. The summed E-state index contributed by atoms with van der Waals surface area (Å²) < 4.78 is 38.7. The Morgan fingerprint density at radius 2 is 1.67 bits per heavy atom. The van der Waals surface area contributed by atoms with Gasteiger partial charge < -0.3 is 14.2 Å². The maximum atomic E-state index is 11.3. The zero-order valence-electron chi connectivity index (χ0n) is 12.6. The number of ether oxygens (including phenoxy) is 3. The van der Waals surface area contributed by atoms with Gasteiger partial charge in [-0.15, -0.1) is 0 Å². The summed E-state index contributed by atoms with van der Waals surface area (Å²) >= 11 is 0. The minimum absolute atomic E-state index is 0.110. The summed E-state index contributed by atoms with van der Waals surface area (Å²) in [7, 11) is 4.83. The Hall–Kier alpha value is -1.14. The van der Waals surface area contributed by atoms with Crippen molar-refractivity contribution in [2.24, 2.45) is 11.8 Å². The van der Waals surface area contributed by atoms with Gasteiger partial charge in [0.25, 0.3) is 0 Å². The Labute approximate surface area is 130 Å². The lowest BCUT2D eigenvalue weighted by Crippen LogP contribution is -2.24. The average Bonchev–Trinajstić information content (AvgIpc) is 2.41. The number of rotatable bonds is 8. The lowest BCUT2D eigenvalue weighted by molar-refractivity contribution is 0.209. The molecule has 0 amide bonds. The first-order valence-electron chi connectivity index (χ1n) is 6.54. The minimum Gasteiger partial charge on any atom is -0.493 e. The maximum absolute atomic E-state index is 11.3. The van der Waals surface area contributed by atoms with Crippen LogP contribution in [0, 0.1) is 11.8 Å². The van der Waals surface area contributed by atoms with Crippen LogP contribution in [0.4, 0.5) is 0 Å². The molecule has 0 saturated heterocycles. The second kappa shape index (κ2) is 7.75. The van der Waals surface area contributed by atoms with Crippen LogP contribution in [0.2, 0.25) is 0 Å². The Balaban J connectivity index is 2.90. The molecule has 0 fully saturated rings. The van der Waals surface area contributed by atoms with Crippen molar-refractivity contribution in [3.8, 4) is 17.2 Å². The molecular formula is C14H21ClO5S. The zero-order chi connectivity index (χ0) is 16.0. The minimum atomic E-state index is -3.57. The average molecular weight is 337 g/mol. The van der Waals surface area contributed by atoms with Gasteiger partial charge in [0.1, 0.15) is 0 Å². The summed E-state index contributed by atoms with van der Waals surface area (Å²) in [5.74, 6) is 1.28. The van der Waals surface area contributed by atoms with Crippen molar-refractivity contribution >= 4 is 19.7 Å². The molecule has 0 bridgehead atoms. The van der Waals surface area contributed by atoms with E-state index in [0.717, 1.165) is 0 Å². The van der Waals surface area contributed by atoms with E-state index >= 15 is 0 Å². The van der Waals surface area contributed by atoms with Crippen molar-refractivity contribution in [1.29, 1.82) is 0 Å². The van der Waals surface area contributed by atoms with E-state index in [2.05, 4.69) is 0 Å². The van der Waals surface area contributed by atoms with Crippen LogP contribution in [0.1, 0.15) is 13.8 Å². The molecule has 0 radical (unpaired) electrons. The van der Waals surface area contributed by atoms with Gasteiger partial charge in [-0.3, -0.25) is 0 Å². The van der Waals surface area contributed by atoms with Gasteiger partial charge in [0.05, 0.1) is 26.6 Å². The third-order valence-electron chi connectivity index (χ3n) is 3.18. The van der Waals surface area contributed by atoms with E-state index in [9.17, 15) is 8.42 Å². The van der Waals surface area contributed by atoms with Crippen LogP contribution in [-0.4, -0.2) is 35.0 Å². The summed E-state index contributed by atoms with van der Waals surface area (Å²) in [6.07, 6.45) is 0. The maximum Gasteiger partial charge on any atom is 0.233 e. The van der Waals surface area contributed by atoms with Crippen LogP contribution in [0.15, 0.2) is 18.2 Å². The molecule has 1 atom stereocenters. The molecule has 1 aromatic rings. The predicted octanol–water partition coefficient (Wildman–Crippen LogP) is 2.92. The highest BCUT2D eigenvalue weighted by atomic mass is 35.7. The topological polar surface area (TPSA) is 61.8 Å². The fourth-order valence-corrected chi connectivity index (χ4v) is 3.32. The molecular weight excluding hydrogens is 316 g/mol. The highest BCUT2D eigenvalue weighted by molar-refractivity contribution is 8.13. The Morgan fingerprint density at radius 3 is 2.05 bits per heavy atom. The Bertz CT molecular complexity index is 534. The first-order valence-corrected chi connectivity index (χ1v) is 9.02. The van der Waals surface area contributed by atoms with E-state index < -0.39 is 9.05 Å². The first kappa shape index (κ1) is 17.9. The highest BCUT2D eigenvalue weighted by Crippen LogP contribution is 2.37. The van der Waals surface area contributed by atoms with Crippen molar-refractivity contribution in [3.63, 3.8) is 0 Å². The number of hydrogen-bond acceptors (Lipinski definition) is 5. The molecule has 0 aliphatic rings. The molecule has 0 aromatic heterocycles. The lowest BCUT2D eigenvalue weighted by atomic mass is 9.99. The monoisotopic (exact) mass is 336 g/mol. The normalized spacial score (nSPS) is 13.0. The smallest absolute Gasteiger partial charge is 0.233 e. The highest BCUT2D eigenvalue weighted by Gasteiger charge is 2.22. The van der Waals surface area contributed by atoms with Gasteiger partial charge in [0, 0.05) is 16.6 Å². The molecule has 7 heteroatoms. The molecule has 1 aromatic carbocycles. The molecule has 0 saturated carbocycles. The van der Waals surface area contributed by atoms with Crippen LogP contribution >= 0.6 is 10.7 Å². The van der Waals surface area contributed by atoms with Crippen LogP contribution in [0.5, 0.6) is 17.2 Å². The van der Waals surface area contributed by atoms with Gasteiger partial charge in [-0.05, 0) is 18.1 Å². The lowest BCUT2D eigenvalue weighted by Gasteiger charge is -2.21. The number of benzene rings is 1. The number of methoxy groups -OCH3 is 2. The number of para-hydroxylation sites is 1. The fourth-order valence-electron chi connectivity index (χ4n) is 1.84. The van der Waals surface area contributed by atoms with E-state index in [4.69, 9.17) is 24.9 Å². The molecule has 5 nitrogen and oxygen atoms in total. The van der Waals surface area contributed by atoms with Gasteiger partial charge >= 0.3 is 0 Å². The quantitative estimate of drug-likeness (QED) is 0.683. The fraction of sp³-hybridized carbons (Fsp3) is 0.571. The van der Waals surface area contributed by atoms with Gasteiger partial charge in [-0.1, -0.05) is 19.9 Å².